The van der Waals surface area contributed by atoms with E-state index in [1.165, 1.54) is 11.3 Å². The molecule has 8 heteroatoms. The largest absolute Gasteiger partial charge is 0.247 e. The van der Waals surface area contributed by atoms with Crippen LogP contribution >= 0.6 is 22.9 Å². The van der Waals surface area contributed by atoms with Crippen molar-refractivity contribution in [1.29, 1.82) is 0 Å². The molecule has 5 nitrogen and oxygen atoms in total. The zero-order valence-corrected chi connectivity index (χ0v) is 15.6. The summed E-state index contributed by atoms with van der Waals surface area (Å²) < 4.78 is 25.7. The van der Waals surface area contributed by atoms with E-state index in [1.807, 2.05) is 47.8 Å². The van der Waals surface area contributed by atoms with Crippen LogP contribution in [0.3, 0.4) is 0 Å². The molecule has 0 spiro atoms. The molecule has 0 saturated heterocycles. The number of aromatic nitrogens is 1. The summed E-state index contributed by atoms with van der Waals surface area (Å²) in [5.74, 6) is 0. The van der Waals surface area contributed by atoms with Gasteiger partial charge in [-0.2, -0.15) is 9.52 Å². The maximum Gasteiger partial charge on any atom is 0.247 e. The summed E-state index contributed by atoms with van der Waals surface area (Å²) in [7, 11) is -3.53. The molecular formula is C17H14ClN3O2S2. The minimum atomic E-state index is -3.53. The van der Waals surface area contributed by atoms with E-state index in [1.54, 1.807) is 0 Å². The highest BCUT2D eigenvalue weighted by Gasteiger charge is 2.36. The second-order valence-electron chi connectivity index (χ2n) is 5.84. The number of pyridine rings is 1. The molecule has 0 saturated carbocycles. The summed E-state index contributed by atoms with van der Waals surface area (Å²) in [5.41, 5.74) is 2.19. The number of para-hydroxylation sites is 1. The van der Waals surface area contributed by atoms with Crippen molar-refractivity contribution >= 4 is 49.6 Å². The van der Waals surface area contributed by atoms with Gasteiger partial charge in [-0.05, 0) is 23.6 Å². The molecule has 4 rings (SSSR count). The van der Waals surface area contributed by atoms with E-state index in [2.05, 4.69) is 10.1 Å². The van der Waals surface area contributed by atoms with Crippen molar-refractivity contribution in [3.63, 3.8) is 0 Å². The normalized spacial score (nSPS) is 17.9. The summed E-state index contributed by atoms with van der Waals surface area (Å²) in [6.07, 6.45) is 1.62. The molecule has 3 heterocycles. The number of nitrogens with zero attached hydrogens (tertiary/aromatic N) is 3. The van der Waals surface area contributed by atoms with Crippen molar-refractivity contribution < 1.29 is 8.42 Å². The standard InChI is InChI=1S/C17H14ClN3O2S2/c1-25(22,23)21-15(10-14(20-21)16-7-4-8-24-16)12-9-11-5-2-3-6-13(11)19-17(12)18/h2-9,15H,10H2,1H3. The highest BCUT2D eigenvalue weighted by atomic mass is 35.5. The molecule has 128 valence electrons. The maximum atomic E-state index is 12.3. The fourth-order valence-corrected chi connectivity index (χ4v) is 4.85. The Morgan fingerprint density at radius 3 is 2.76 bits per heavy atom. The van der Waals surface area contributed by atoms with Crippen LogP contribution in [0.4, 0.5) is 0 Å². The Kier molecular flexibility index (Phi) is 4.02. The van der Waals surface area contributed by atoms with Crippen molar-refractivity contribution in [2.45, 2.75) is 12.5 Å². The van der Waals surface area contributed by atoms with E-state index in [0.29, 0.717) is 17.1 Å². The third kappa shape index (κ3) is 3.03. The maximum absolute atomic E-state index is 12.3. The predicted octanol–water partition coefficient (Wildman–Crippen LogP) is 4.06. The highest BCUT2D eigenvalue weighted by molar-refractivity contribution is 7.88. The molecule has 1 atom stereocenters. The molecule has 0 N–H and O–H groups in total. The van der Waals surface area contributed by atoms with Crippen LogP contribution in [0.1, 0.15) is 22.9 Å². The summed E-state index contributed by atoms with van der Waals surface area (Å²) in [5, 5.41) is 7.53. The number of hydrogen-bond acceptors (Lipinski definition) is 5. The minimum absolute atomic E-state index is 0.306. The number of thiophene rings is 1. The van der Waals surface area contributed by atoms with E-state index < -0.39 is 16.1 Å². The average molecular weight is 392 g/mol. The lowest BCUT2D eigenvalue weighted by Crippen LogP contribution is -2.26. The Labute approximate surface area is 154 Å². The summed E-state index contributed by atoms with van der Waals surface area (Å²) in [6, 6.07) is 12.9. The second-order valence-corrected chi connectivity index (χ2v) is 8.99. The zero-order valence-electron chi connectivity index (χ0n) is 13.3. The van der Waals surface area contributed by atoms with Gasteiger partial charge in [-0.25, -0.2) is 13.4 Å². The molecule has 1 aliphatic rings. The Bertz CT molecular complexity index is 1080. The van der Waals surface area contributed by atoms with Crippen molar-refractivity contribution in [2.24, 2.45) is 5.10 Å². The summed E-state index contributed by atoms with van der Waals surface area (Å²) in [6.45, 7) is 0. The van der Waals surface area contributed by atoms with Gasteiger partial charge in [-0.1, -0.05) is 35.9 Å². The number of hydrogen-bond donors (Lipinski definition) is 0. The quantitative estimate of drug-likeness (QED) is 0.632. The van der Waals surface area contributed by atoms with Gasteiger partial charge in [0.05, 0.1) is 28.4 Å². The van der Waals surface area contributed by atoms with E-state index in [-0.39, 0.29) is 0 Å². The Balaban J connectivity index is 1.83. The first-order valence-corrected chi connectivity index (χ1v) is 10.7. The van der Waals surface area contributed by atoms with Crippen LogP contribution < -0.4 is 0 Å². The Morgan fingerprint density at radius 1 is 1.24 bits per heavy atom. The molecule has 25 heavy (non-hydrogen) atoms. The van der Waals surface area contributed by atoms with Gasteiger partial charge in [-0.3, -0.25) is 0 Å². The molecule has 2 aromatic heterocycles. The van der Waals surface area contributed by atoms with Crippen molar-refractivity contribution in [3.05, 3.63) is 63.4 Å². The lowest BCUT2D eigenvalue weighted by atomic mass is 10.0. The molecule has 1 unspecified atom stereocenters. The number of fused-ring (bicyclic) bond motifs is 1. The molecule has 0 amide bonds. The highest BCUT2D eigenvalue weighted by Crippen LogP contribution is 2.38. The van der Waals surface area contributed by atoms with Crippen LogP contribution in [-0.2, 0) is 10.0 Å². The SMILES string of the molecule is CS(=O)(=O)N1N=C(c2cccs2)CC1c1cc2ccccc2nc1Cl. The lowest BCUT2D eigenvalue weighted by Gasteiger charge is -2.22. The molecule has 1 aromatic carbocycles. The first-order chi connectivity index (χ1) is 11.9. The van der Waals surface area contributed by atoms with Crippen molar-refractivity contribution in [2.75, 3.05) is 6.26 Å². The molecule has 3 aromatic rings. The molecule has 0 bridgehead atoms. The predicted molar refractivity (Wildman–Crippen MR) is 102 cm³/mol. The van der Waals surface area contributed by atoms with Gasteiger partial charge in [0, 0.05) is 17.4 Å². The minimum Gasteiger partial charge on any atom is -0.236 e. The van der Waals surface area contributed by atoms with E-state index in [4.69, 9.17) is 11.6 Å². The van der Waals surface area contributed by atoms with Crippen molar-refractivity contribution in [3.8, 4) is 0 Å². The van der Waals surface area contributed by atoms with Crippen molar-refractivity contribution in [1.82, 2.24) is 9.40 Å². The van der Waals surface area contributed by atoms with Gasteiger partial charge in [0.2, 0.25) is 10.0 Å². The zero-order chi connectivity index (χ0) is 17.6. The third-order valence-electron chi connectivity index (χ3n) is 4.08. The van der Waals surface area contributed by atoms with Gasteiger partial charge < -0.3 is 0 Å². The van der Waals surface area contributed by atoms with E-state index in [9.17, 15) is 8.42 Å². The average Bonchev–Trinajstić information content (AvgIpc) is 3.23. The van der Waals surface area contributed by atoms with E-state index >= 15 is 0 Å². The molecule has 0 radical (unpaired) electrons. The molecule has 0 aliphatic carbocycles. The monoisotopic (exact) mass is 391 g/mol. The lowest BCUT2D eigenvalue weighted by molar-refractivity contribution is 0.374. The fourth-order valence-electron chi connectivity index (χ4n) is 2.96. The van der Waals surface area contributed by atoms with Gasteiger partial charge in [0.1, 0.15) is 5.15 Å². The fraction of sp³-hybridized carbons (Fsp3) is 0.176. The van der Waals surface area contributed by atoms with Gasteiger partial charge in [0.25, 0.3) is 0 Å². The molecule has 1 aliphatic heterocycles. The molecule has 0 fully saturated rings. The smallest absolute Gasteiger partial charge is 0.236 e. The van der Waals surface area contributed by atoms with Crippen LogP contribution in [-0.4, -0.2) is 29.8 Å². The number of rotatable bonds is 3. The van der Waals surface area contributed by atoms with Crippen LogP contribution in [0.5, 0.6) is 0 Å². The molecular weight excluding hydrogens is 378 g/mol. The topological polar surface area (TPSA) is 62.6 Å². The third-order valence-corrected chi connectivity index (χ3v) is 6.32. The van der Waals surface area contributed by atoms with Gasteiger partial charge >= 0.3 is 0 Å². The van der Waals surface area contributed by atoms with Crippen LogP contribution in [0.25, 0.3) is 10.9 Å². The first kappa shape index (κ1) is 16.5. The van der Waals surface area contributed by atoms with Crippen LogP contribution in [0.2, 0.25) is 5.15 Å². The van der Waals surface area contributed by atoms with Crippen LogP contribution in [0, 0.1) is 0 Å². The first-order valence-electron chi connectivity index (χ1n) is 7.59. The number of benzene rings is 1. The summed E-state index contributed by atoms with van der Waals surface area (Å²) in [4.78, 5) is 5.38. The Hall–Kier alpha value is -1.96. The van der Waals surface area contributed by atoms with Gasteiger partial charge in [0.15, 0.2) is 0 Å². The van der Waals surface area contributed by atoms with Crippen LogP contribution in [0.15, 0.2) is 52.9 Å². The van der Waals surface area contributed by atoms with Gasteiger partial charge in [-0.15, -0.1) is 11.3 Å². The Morgan fingerprint density at radius 2 is 2.04 bits per heavy atom. The van der Waals surface area contributed by atoms with E-state index in [0.717, 1.165) is 32.2 Å². The second kappa shape index (κ2) is 6.09. The number of halogens is 1. The number of hydrazone groups is 1. The summed E-state index contributed by atoms with van der Waals surface area (Å²) >= 11 is 7.93. The number of sulfonamides is 1.